The summed E-state index contributed by atoms with van der Waals surface area (Å²) in [6, 6.07) is 5.68. The van der Waals surface area contributed by atoms with E-state index in [0.717, 1.165) is 17.7 Å². The zero-order valence-electron chi connectivity index (χ0n) is 14.8. The minimum atomic E-state index is -0.155. The Kier molecular flexibility index (Phi) is 8.28. The molecule has 1 N–H and O–H groups in total. The standard InChI is InChI=1S/C19H25NO3S2/c1-3-4-5-6-7-8-11-23-15-10-9-14(12-16(15)22-2)13-17-18(21)20-19(24)25-17/h9-10,12-13H,3-8,11H2,1-2H3,(H,20,21,24). The van der Waals surface area contributed by atoms with Gasteiger partial charge in [0.25, 0.3) is 5.91 Å². The van der Waals surface area contributed by atoms with Crippen LogP contribution in [0.15, 0.2) is 23.1 Å². The highest BCUT2D eigenvalue weighted by Crippen LogP contribution is 2.31. The third-order valence-corrected chi connectivity index (χ3v) is 5.05. The fraction of sp³-hybridized carbons (Fsp3) is 0.474. The molecule has 25 heavy (non-hydrogen) atoms. The van der Waals surface area contributed by atoms with Gasteiger partial charge in [-0.15, -0.1) is 0 Å². The van der Waals surface area contributed by atoms with Gasteiger partial charge in [0.2, 0.25) is 0 Å². The predicted octanol–water partition coefficient (Wildman–Crippen LogP) is 4.92. The average molecular weight is 380 g/mol. The van der Waals surface area contributed by atoms with Crippen molar-refractivity contribution in [2.75, 3.05) is 13.7 Å². The molecule has 136 valence electrons. The smallest absolute Gasteiger partial charge is 0.263 e. The predicted molar refractivity (Wildman–Crippen MR) is 108 cm³/mol. The van der Waals surface area contributed by atoms with E-state index >= 15 is 0 Å². The molecule has 0 bridgehead atoms. The maximum absolute atomic E-state index is 11.7. The first-order valence-electron chi connectivity index (χ1n) is 8.69. The molecule has 1 saturated heterocycles. The zero-order valence-corrected chi connectivity index (χ0v) is 16.4. The summed E-state index contributed by atoms with van der Waals surface area (Å²) in [5, 5.41) is 2.61. The van der Waals surface area contributed by atoms with E-state index < -0.39 is 0 Å². The Morgan fingerprint density at radius 1 is 1.16 bits per heavy atom. The lowest BCUT2D eigenvalue weighted by Crippen LogP contribution is -2.17. The van der Waals surface area contributed by atoms with Crippen molar-refractivity contribution in [2.45, 2.75) is 45.4 Å². The highest BCUT2D eigenvalue weighted by Gasteiger charge is 2.22. The van der Waals surface area contributed by atoms with E-state index in [-0.39, 0.29) is 5.91 Å². The van der Waals surface area contributed by atoms with Crippen LogP contribution in [0.5, 0.6) is 11.5 Å². The molecule has 1 heterocycles. The number of hydrogen-bond acceptors (Lipinski definition) is 5. The summed E-state index contributed by atoms with van der Waals surface area (Å²) in [6.07, 6.45) is 9.19. The summed E-state index contributed by atoms with van der Waals surface area (Å²) in [7, 11) is 1.62. The van der Waals surface area contributed by atoms with Gasteiger partial charge in [0.1, 0.15) is 4.32 Å². The maximum Gasteiger partial charge on any atom is 0.263 e. The SMILES string of the molecule is CCCCCCCCOc1ccc(C=C2SC(=S)NC2=O)cc1OC. The Morgan fingerprint density at radius 2 is 1.92 bits per heavy atom. The minimum absolute atomic E-state index is 0.155. The first-order valence-corrected chi connectivity index (χ1v) is 9.92. The first kappa shape index (κ1) is 19.8. The van der Waals surface area contributed by atoms with Crippen molar-refractivity contribution in [3.8, 4) is 11.5 Å². The van der Waals surface area contributed by atoms with Crippen LogP contribution in [0.25, 0.3) is 6.08 Å². The number of nitrogens with one attached hydrogen (secondary N) is 1. The normalized spacial score (nSPS) is 15.5. The van der Waals surface area contributed by atoms with E-state index in [2.05, 4.69) is 12.2 Å². The van der Waals surface area contributed by atoms with Crippen LogP contribution >= 0.6 is 24.0 Å². The second-order valence-electron chi connectivity index (χ2n) is 5.88. The molecule has 2 rings (SSSR count). The van der Waals surface area contributed by atoms with Crippen molar-refractivity contribution < 1.29 is 14.3 Å². The van der Waals surface area contributed by atoms with Crippen LogP contribution in [-0.4, -0.2) is 23.9 Å². The third-order valence-electron chi connectivity index (χ3n) is 3.88. The van der Waals surface area contributed by atoms with Crippen molar-refractivity contribution in [1.82, 2.24) is 5.32 Å². The number of unbranched alkanes of at least 4 members (excludes halogenated alkanes) is 5. The van der Waals surface area contributed by atoms with Gasteiger partial charge in [-0.2, -0.15) is 0 Å². The van der Waals surface area contributed by atoms with Gasteiger partial charge in [0, 0.05) is 0 Å². The number of rotatable bonds is 10. The lowest BCUT2D eigenvalue weighted by atomic mass is 10.1. The van der Waals surface area contributed by atoms with E-state index in [1.54, 1.807) is 13.2 Å². The van der Waals surface area contributed by atoms with Gasteiger partial charge in [-0.1, -0.05) is 69.1 Å². The third kappa shape index (κ3) is 6.36. The quantitative estimate of drug-likeness (QED) is 0.355. The summed E-state index contributed by atoms with van der Waals surface area (Å²) < 4.78 is 11.8. The molecule has 0 saturated carbocycles. The van der Waals surface area contributed by atoms with Crippen LogP contribution in [0.3, 0.4) is 0 Å². The monoisotopic (exact) mass is 379 g/mol. The fourth-order valence-corrected chi connectivity index (χ4v) is 3.57. The van der Waals surface area contributed by atoms with Crippen molar-refractivity contribution in [1.29, 1.82) is 0 Å². The molecule has 6 heteroatoms. The molecule has 0 radical (unpaired) electrons. The largest absolute Gasteiger partial charge is 0.493 e. The Balaban J connectivity index is 1.90. The van der Waals surface area contributed by atoms with E-state index in [4.69, 9.17) is 21.7 Å². The molecule has 0 unspecified atom stereocenters. The summed E-state index contributed by atoms with van der Waals surface area (Å²) in [5.41, 5.74) is 0.881. The number of methoxy groups -OCH3 is 1. The second kappa shape index (κ2) is 10.5. The van der Waals surface area contributed by atoms with Crippen LogP contribution in [0.4, 0.5) is 0 Å². The summed E-state index contributed by atoms with van der Waals surface area (Å²) in [6.45, 7) is 2.91. The molecule has 1 aliphatic rings. The lowest BCUT2D eigenvalue weighted by molar-refractivity contribution is -0.115. The highest BCUT2D eigenvalue weighted by atomic mass is 32.2. The van der Waals surface area contributed by atoms with Gasteiger partial charge in [-0.05, 0) is 30.2 Å². The van der Waals surface area contributed by atoms with Crippen LogP contribution in [0, 0.1) is 0 Å². The Morgan fingerprint density at radius 3 is 2.60 bits per heavy atom. The number of carbonyl (C=O) groups excluding carboxylic acids is 1. The molecule has 1 aliphatic heterocycles. The molecule has 0 aliphatic carbocycles. The van der Waals surface area contributed by atoms with Crippen LogP contribution < -0.4 is 14.8 Å². The number of thioether (sulfide) groups is 1. The molecule has 4 nitrogen and oxygen atoms in total. The van der Waals surface area contributed by atoms with Crippen LogP contribution in [-0.2, 0) is 4.79 Å². The summed E-state index contributed by atoms with van der Waals surface area (Å²) in [4.78, 5) is 12.3. The molecule has 1 amide bonds. The topological polar surface area (TPSA) is 47.6 Å². The van der Waals surface area contributed by atoms with Gasteiger partial charge in [-0.25, -0.2) is 0 Å². The molecule has 0 aromatic heterocycles. The molecule has 1 fully saturated rings. The maximum atomic E-state index is 11.7. The van der Waals surface area contributed by atoms with Gasteiger partial charge < -0.3 is 14.8 Å². The number of thiocarbonyl (C=S) groups is 1. The summed E-state index contributed by atoms with van der Waals surface area (Å²) >= 11 is 6.27. The average Bonchev–Trinajstić information content (AvgIpc) is 2.92. The second-order valence-corrected chi connectivity index (χ2v) is 7.60. The number of amides is 1. The van der Waals surface area contributed by atoms with Crippen molar-refractivity contribution >= 4 is 40.3 Å². The molecular weight excluding hydrogens is 354 g/mol. The molecule has 0 atom stereocenters. The molecule has 1 aromatic rings. The molecule has 0 spiro atoms. The van der Waals surface area contributed by atoms with Crippen molar-refractivity contribution in [3.63, 3.8) is 0 Å². The Hall–Kier alpha value is -1.53. The van der Waals surface area contributed by atoms with Gasteiger partial charge in [0.15, 0.2) is 11.5 Å². The van der Waals surface area contributed by atoms with Crippen LogP contribution in [0.2, 0.25) is 0 Å². The highest BCUT2D eigenvalue weighted by molar-refractivity contribution is 8.26. The number of hydrogen-bond donors (Lipinski definition) is 1. The van der Waals surface area contributed by atoms with Gasteiger partial charge >= 0.3 is 0 Å². The fourth-order valence-electron chi connectivity index (χ4n) is 2.53. The Bertz CT molecular complexity index is 644. The minimum Gasteiger partial charge on any atom is -0.493 e. The lowest BCUT2D eigenvalue weighted by Gasteiger charge is -2.11. The van der Waals surface area contributed by atoms with Gasteiger partial charge in [0.05, 0.1) is 18.6 Å². The van der Waals surface area contributed by atoms with E-state index in [1.165, 1.54) is 43.9 Å². The number of benzene rings is 1. The molecular formula is C19H25NO3S2. The Labute approximate surface area is 159 Å². The van der Waals surface area contributed by atoms with Crippen molar-refractivity contribution in [2.24, 2.45) is 0 Å². The zero-order chi connectivity index (χ0) is 18.1. The van der Waals surface area contributed by atoms with Crippen molar-refractivity contribution in [3.05, 3.63) is 28.7 Å². The van der Waals surface area contributed by atoms with E-state index in [9.17, 15) is 4.79 Å². The first-order chi connectivity index (χ1) is 12.1. The van der Waals surface area contributed by atoms with E-state index in [0.29, 0.717) is 21.6 Å². The number of ether oxygens (including phenoxy) is 2. The molecule has 1 aromatic carbocycles. The van der Waals surface area contributed by atoms with Crippen LogP contribution in [0.1, 0.15) is 51.0 Å². The number of carbonyl (C=O) groups is 1. The van der Waals surface area contributed by atoms with Gasteiger partial charge in [-0.3, -0.25) is 4.79 Å². The van der Waals surface area contributed by atoms with E-state index in [1.807, 2.05) is 18.2 Å². The summed E-state index contributed by atoms with van der Waals surface area (Å²) in [5.74, 6) is 1.25.